The number of nitrogens with one attached hydrogen (secondary N) is 1. The Hall–Kier alpha value is -2.20. The predicted molar refractivity (Wildman–Crippen MR) is 119 cm³/mol. The third kappa shape index (κ3) is 6.39. The number of rotatable bonds is 5. The molecule has 170 valence electrons. The molecule has 0 atom stereocenters. The summed E-state index contributed by atoms with van der Waals surface area (Å²) in [6, 6.07) is 3.82. The Morgan fingerprint density at radius 2 is 2.00 bits per heavy atom. The monoisotopic (exact) mass is 469 g/mol. The van der Waals surface area contributed by atoms with Crippen molar-refractivity contribution in [3.63, 3.8) is 0 Å². The molecule has 2 aromatic rings. The highest BCUT2D eigenvalue weighted by Crippen LogP contribution is 2.31. The van der Waals surface area contributed by atoms with Gasteiger partial charge < -0.3 is 15.0 Å². The van der Waals surface area contributed by atoms with E-state index in [0.29, 0.717) is 19.6 Å². The molecule has 0 saturated carbocycles. The zero-order valence-electron chi connectivity index (χ0n) is 18.1. The van der Waals surface area contributed by atoms with Crippen LogP contribution in [0.2, 0.25) is 0 Å². The lowest BCUT2D eigenvalue weighted by Gasteiger charge is -2.32. The largest absolute Gasteiger partial charge is 0.444 e. The summed E-state index contributed by atoms with van der Waals surface area (Å²) in [7, 11) is -3.45. The van der Waals surface area contributed by atoms with E-state index in [1.54, 1.807) is 16.2 Å². The SMILES string of the molecule is CC(C)(C)OC(=O)N1CCC(c2nc(CNc3ccc(S(C)(=O)=O)cc3F)cs2)CC1. The van der Waals surface area contributed by atoms with Crippen molar-refractivity contribution >= 4 is 33.0 Å². The molecule has 10 heteroatoms. The van der Waals surface area contributed by atoms with Crippen molar-refractivity contribution < 1.29 is 22.3 Å². The molecule has 3 rings (SSSR count). The highest BCUT2D eigenvalue weighted by Gasteiger charge is 2.28. The lowest BCUT2D eigenvalue weighted by atomic mass is 9.98. The highest BCUT2D eigenvalue weighted by molar-refractivity contribution is 7.90. The second-order valence-electron chi connectivity index (χ2n) is 8.69. The van der Waals surface area contributed by atoms with Gasteiger partial charge in [0.05, 0.1) is 27.8 Å². The van der Waals surface area contributed by atoms with Crippen molar-refractivity contribution in [2.45, 2.75) is 56.6 Å². The van der Waals surface area contributed by atoms with Crippen LogP contribution in [0, 0.1) is 5.82 Å². The number of halogens is 1. The first-order valence-corrected chi connectivity index (χ1v) is 12.9. The lowest BCUT2D eigenvalue weighted by Crippen LogP contribution is -2.41. The van der Waals surface area contributed by atoms with Crippen LogP contribution in [0.25, 0.3) is 0 Å². The van der Waals surface area contributed by atoms with Gasteiger partial charge in [0.15, 0.2) is 9.84 Å². The summed E-state index contributed by atoms with van der Waals surface area (Å²) >= 11 is 1.56. The minimum Gasteiger partial charge on any atom is -0.444 e. The Morgan fingerprint density at radius 3 is 2.58 bits per heavy atom. The van der Waals surface area contributed by atoms with Crippen molar-refractivity contribution in [2.24, 2.45) is 0 Å². The van der Waals surface area contributed by atoms with Crippen LogP contribution in [-0.2, 0) is 21.1 Å². The second-order valence-corrected chi connectivity index (χ2v) is 11.6. The summed E-state index contributed by atoms with van der Waals surface area (Å²) in [5.41, 5.74) is 0.518. The fraction of sp³-hybridized carbons (Fsp3) is 0.524. The molecule has 7 nitrogen and oxygen atoms in total. The molecule has 1 fully saturated rings. The van der Waals surface area contributed by atoms with Gasteiger partial charge in [0.25, 0.3) is 0 Å². The quantitative estimate of drug-likeness (QED) is 0.698. The number of hydrogen-bond acceptors (Lipinski definition) is 7. The van der Waals surface area contributed by atoms with Crippen LogP contribution >= 0.6 is 11.3 Å². The number of amides is 1. The third-order valence-electron chi connectivity index (χ3n) is 4.89. The molecule has 1 aromatic heterocycles. The number of aromatic nitrogens is 1. The number of thiazole rings is 1. The first-order chi connectivity index (χ1) is 14.4. The zero-order valence-corrected chi connectivity index (χ0v) is 19.8. The van der Waals surface area contributed by atoms with Gasteiger partial charge in [-0.25, -0.2) is 22.6 Å². The summed E-state index contributed by atoms with van der Waals surface area (Å²) < 4.78 is 42.7. The van der Waals surface area contributed by atoms with Crippen molar-refractivity contribution in [1.29, 1.82) is 0 Å². The summed E-state index contributed by atoms with van der Waals surface area (Å²) in [5, 5.41) is 5.92. The molecule has 1 saturated heterocycles. The number of carbonyl (C=O) groups excluding carboxylic acids is 1. The van der Waals surface area contributed by atoms with Gasteiger partial charge in [-0.3, -0.25) is 0 Å². The molecular weight excluding hydrogens is 441 g/mol. The topological polar surface area (TPSA) is 88.6 Å². The number of ether oxygens (including phenoxy) is 1. The summed E-state index contributed by atoms with van der Waals surface area (Å²) in [4.78, 5) is 18.6. The number of sulfone groups is 1. The number of likely N-dealkylation sites (tertiary alicyclic amines) is 1. The molecular formula is C21H28FN3O4S2. The molecule has 0 spiro atoms. The number of carbonyl (C=O) groups is 1. The van der Waals surface area contributed by atoms with Gasteiger partial charge in [0, 0.05) is 30.6 Å². The maximum atomic E-state index is 14.2. The molecule has 1 N–H and O–H groups in total. The van der Waals surface area contributed by atoms with E-state index < -0.39 is 21.3 Å². The average Bonchev–Trinajstić information content (AvgIpc) is 3.14. The Morgan fingerprint density at radius 1 is 1.32 bits per heavy atom. The number of anilines is 1. The Balaban J connectivity index is 1.54. The Bertz CT molecular complexity index is 1040. The smallest absolute Gasteiger partial charge is 0.410 e. The summed E-state index contributed by atoms with van der Waals surface area (Å²) in [5.74, 6) is -0.337. The van der Waals surface area contributed by atoms with Crippen LogP contribution in [0.1, 0.15) is 50.2 Å². The van der Waals surface area contributed by atoms with Gasteiger partial charge in [-0.1, -0.05) is 0 Å². The zero-order chi connectivity index (χ0) is 22.8. The molecule has 0 aliphatic carbocycles. The molecule has 0 unspecified atom stereocenters. The van der Waals surface area contributed by atoms with Crippen LogP contribution in [0.4, 0.5) is 14.9 Å². The van der Waals surface area contributed by atoms with Gasteiger partial charge >= 0.3 is 6.09 Å². The molecule has 31 heavy (non-hydrogen) atoms. The molecule has 1 aromatic carbocycles. The third-order valence-corrected chi connectivity index (χ3v) is 7.06. The van der Waals surface area contributed by atoms with Gasteiger partial charge in [-0.05, 0) is 51.8 Å². The molecule has 0 bridgehead atoms. The highest BCUT2D eigenvalue weighted by atomic mass is 32.2. The standard InChI is InChI=1S/C21H28FN3O4S2/c1-21(2,3)29-20(26)25-9-7-14(8-10-25)19-24-15(13-30-19)12-23-18-6-5-16(11-17(18)22)31(4,27)28/h5-6,11,13-14,23H,7-10,12H2,1-4H3. The van der Waals surface area contributed by atoms with Crippen LogP contribution in [-0.4, -0.2) is 49.3 Å². The van der Waals surface area contributed by atoms with E-state index in [0.717, 1.165) is 35.9 Å². The number of nitrogens with zero attached hydrogens (tertiary/aromatic N) is 2. The fourth-order valence-corrected chi connectivity index (χ4v) is 4.91. The molecule has 0 radical (unpaired) electrons. The molecule has 1 aliphatic rings. The molecule has 1 amide bonds. The van der Waals surface area contributed by atoms with Crippen molar-refractivity contribution in [3.8, 4) is 0 Å². The average molecular weight is 470 g/mol. The predicted octanol–water partition coefficient (Wildman–Crippen LogP) is 4.41. The summed E-state index contributed by atoms with van der Waals surface area (Å²) in [6.07, 6.45) is 2.41. The van der Waals surface area contributed by atoms with Crippen molar-refractivity contribution in [1.82, 2.24) is 9.88 Å². The normalized spacial score (nSPS) is 15.7. The van der Waals surface area contributed by atoms with Crippen LogP contribution in [0.15, 0.2) is 28.5 Å². The van der Waals surface area contributed by atoms with Gasteiger partial charge in [-0.2, -0.15) is 0 Å². The van der Waals surface area contributed by atoms with E-state index in [9.17, 15) is 17.6 Å². The summed E-state index contributed by atoms with van der Waals surface area (Å²) in [6.45, 7) is 7.16. The van der Waals surface area contributed by atoms with E-state index in [1.165, 1.54) is 12.1 Å². The van der Waals surface area contributed by atoms with E-state index in [1.807, 2.05) is 26.2 Å². The maximum Gasteiger partial charge on any atom is 0.410 e. The van der Waals surface area contributed by atoms with E-state index in [-0.39, 0.29) is 22.6 Å². The Kier molecular flexibility index (Phi) is 6.90. The number of hydrogen-bond donors (Lipinski definition) is 1. The van der Waals surface area contributed by atoms with Crippen LogP contribution in [0.3, 0.4) is 0 Å². The van der Waals surface area contributed by atoms with Crippen LogP contribution < -0.4 is 5.32 Å². The van der Waals surface area contributed by atoms with Gasteiger partial charge in [-0.15, -0.1) is 11.3 Å². The van der Waals surface area contributed by atoms with E-state index in [4.69, 9.17) is 4.74 Å². The fourth-order valence-electron chi connectivity index (χ4n) is 3.28. The van der Waals surface area contributed by atoms with Gasteiger partial charge in [0.1, 0.15) is 11.4 Å². The second kappa shape index (κ2) is 9.12. The molecule has 1 aliphatic heterocycles. The van der Waals surface area contributed by atoms with E-state index >= 15 is 0 Å². The number of piperidine rings is 1. The Labute approximate surface area is 186 Å². The van der Waals surface area contributed by atoms with Gasteiger partial charge in [0.2, 0.25) is 0 Å². The minimum absolute atomic E-state index is 0.0516. The number of benzene rings is 1. The van der Waals surface area contributed by atoms with Crippen molar-refractivity contribution in [2.75, 3.05) is 24.7 Å². The lowest BCUT2D eigenvalue weighted by molar-refractivity contribution is 0.0204. The first-order valence-electron chi connectivity index (χ1n) is 10.1. The maximum absolute atomic E-state index is 14.2. The van der Waals surface area contributed by atoms with Crippen LogP contribution in [0.5, 0.6) is 0 Å². The van der Waals surface area contributed by atoms with Crippen molar-refractivity contribution in [3.05, 3.63) is 40.1 Å². The first kappa shape index (κ1) is 23.5. The van der Waals surface area contributed by atoms with E-state index in [2.05, 4.69) is 10.3 Å². The molecule has 2 heterocycles. The minimum atomic E-state index is -3.45.